The van der Waals surface area contributed by atoms with E-state index in [0.717, 1.165) is 6.54 Å². The average molecular weight is 230 g/mol. The van der Waals surface area contributed by atoms with Gasteiger partial charge in [-0.25, -0.2) is 0 Å². The van der Waals surface area contributed by atoms with Gasteiger partial charge in [-0.05, 0) is 17.5 Å². The summed E-state index contributed by atoms with van der Waals surface area (Å²) < 4.78 is 5.38. The number of hydrogen-bond donors (Lipinski definition) is 0. The molecule has 0 aromatic heterocycles. The first-order valence-corrected chi connectivity index (χ1v) is 6.07. The van der Waals surface area contributed by atoms with E-state index in [1.807, 2.05) is 0 Å². The van der Waals surface area contributed by atoms with Gasteiger partial charge >= 0.3 is 0 Å². The number of morpholine rings is 1. The Labute approximate surface area is 103 Å². The summed E-state index contributed by atoms with van der Waals surface area (Å²) in [4.78, 5) is 2.26. The number of ether oxygens (including phenoxy) is 1. The summed E-state index contributed by atoms with van der Waals surface area (Å²) in [5.41, 5.74) is 2.58. The second kappa shape index (κ2) is 5.20. The second-order valence-corrected chi connectivity index (χ2v) is 4.65. The minimum absolute atomic E-state index is 0.302. The molecule has 90 valence electrons. The van der Waals surface area contributed by atoms with E-state index >= 15 is 0 Å². The highest BCUT2D eigenvalue weighted by molar-refractivity contribution is 5.55. The molecule has 0 bridgehead atoms. The highest BCUT2D eigenvalue weighted by Gasteiger charge is 2.22. The molecule has 1 aromatic carbocycles. The lowest BCUT2D eigenvalue weighted by molar-refractivity contribution is 0.0764. The minimum Gasteiger partial charge on any atom is -0.365 e. The van der Waals surface area contributed by atoms with E-state index in [-0.39, 0.29) is 6.10 Å². The van der Waals surface area contributed by atoms with Gasteiger partial charge in [0, 0.05) is 12.2 Å². The Morgan fingerprint density at radius 3 is 2.88 bits per heavy atom. The van der Waals surface area contributed by atoms with Gasteiger partial charge in [0.05, 0.1) is 19.2 Å². The predicted octanol–water partition coefficient (Wildman–Crippen LogP) is 2.54. The standard InChI is InChI=1S/C14H18N2O/c1-11(2)13-5-3-4-6-14(13)16-7-8-17-12(9-15)10-16/h3-6,11-12H,7-8,10H2,1-2H3. The molecule has 3 heteroatoms. The van der Waals surface area contributed by atoms with Crippen LogP contribution in [-0.2, 0) is 4.74 Å². The molecular weight excluding hydrogens is 212 g/mol. The number of nitriles is 1. The van der Waals surface area contributed by atoms with Crippen LogP contribution in [0.2, 0.25) is 0 Å². The van der Waals surface area contributed by atoms with Gasteiger partial charge in [-0.2, -0.15) is 5.26 Å². The molecule has 0 radical (unpaired) electrons. The van der Waals surface area contributed by atoms with E-state index in [1.54, 1.807) is 0 Å². The first-order valence-electron chi connectivity index (χ1n) is 6.07. The molecule has 0 spiro atoms. The first kappa shape index (κ1) is 11.9. The molecule has 0 saturated carbocycles. The van der Waals surface area contributed by atoms with Crippen molar-refractivity contribution in [3.63, 3.8) is 0 Å². The smallest absolute Gasteiger partial charge is 0.161 e. The number of rotatable bonds is 2. The van der Waals surface area contributed by atoms with Gasteiger partial charge < -0.3 is 9.64 Å². The van der Waals surface area contributed by atoms with Crippen LogP contribution in [0.15, 0.2) is 24.3 Å². The molecule has 1 atom stereocenters. The van der Waals surface area contributed by atoms with E-state index in [1.165, 1.54) is 11.3 Å². The monoisotopic (exact) mass is 230 g/mol. The van der Waals surface area contributed by atoms with E-state index in [9.17, 15) is 0 Å². The SMILES string of the molecule is CC(C)c1ccccc1N1CCOC(C#N)C1. The van der Waals surface area contributed by atoms with Crippen molar-refractivity contribution in [2.75, 3.05) is 24.6 Å². The minimum atomic E-state index is -0.302. The topological polar surface area (TPSA) is 36.3 Å². The van der Waals surface area contributed by atoms with E-state index in [4.69, 9.17) is 10.00 Å². The summed E-state index contributed by atoms with van der Waals surface area (Å²) >= 11 is 0. The first-order chi connectivity index (χ1) is 8.22. The normalized spacial score (nSPS) is 20.4. The fourth-order valence-corrected chi connectivity index (χ4v) is 2.21. The maximum Gasteiger partial charge on any atom is 0.161 e. The zero-order chi connectivity index (χ0) is 12.3. The Morgan fingerprint density at radius 2 is 2.18 bits per heavy atom. The molecule has 1 aliphatic heterocycles. The Kier molecular flexibility index (Phi) is 3.65. The van der Waals surface area contributed by atoms with E-state index in [0.29, 0.717) is 19.1 Å². The molecule has 0 aliphatic carbocycles. The third-order valence-electron chi connectivity index (χ3n) is 3.11. The number of anilines is 1. The highest BCUT2D eigenvalue weighted by Crippen LogP contribution is 2.28. The summed E-state index contributed by atoms with van der Waals surface area (Å²) in [6, 6.07) is 10.6. The fourth-order valence-electron chi connectivity index (χ4n) is 2.21. The lowest BCUT2D eigenvalue weighted by atomic mass is 10.00. The van der Waals surface area contributed by atoms with Crippen LogP contribution in [0.1, 0.15) is 25.3 Å². The van der Waals surface area contributed by atoms with Crippen molar-refractivity contribution in [1.29, 1.82) is 5.26 Å². The summed E-state index contributed by atoms with van der Waals surface area (Å²) in [7, 11) is 0. The quantitative estimate of drug-likeness (QED) is 0.783. The van der Waals surface area contributed by atoms with Crippen molar-refractivity contribution in [2.45, 2.75) is 25.9 Å². The zero-order valence-electron chi connectivity index (χ0n) is 10.4. The summed E-state index contributed by atoms with van der Waals surface area (Å²) in [6.45, 7) is 6.55. The van der Waals surface area contributed by atoms with Gasteiger partial charge in [0.1, 0.15) is 0 Å². The average Bonchev–Trinajstić information content (AvgIpc) is 2.39. The lowest BCUT2D eigenvalue weighted by Gasteiger charge is -2.33. The molecule has 0 amide bonds. The molecule has 1 aromatic rings. The molecule has 0 N–H and O–H groups in total. The summed E-state index contributed by atoms with van der Waals surface area (Å²) in [5, 5.41) is 8.93. The largest absolute Gasteiger partial charge is 0.365 e. The van der Waals surface area contributed by atoms with Gasteiger partial charge in [-0.3, -0.25) is 0 Å². The van der Waals surface area contributed by atoms with Gasteiger partial charge in [0.2, 0.25) is 0 Å². The molecule has 17 heavy (non-hydrogen) atoms. The Morgan fingerprint density at radius 1 is 1.41 bits per heavy atom. The fraction of sp³-hybridized carbons (Fsp3) is 0.500. The molecule has 1 heterocycles. The third-order valence-corrected chi connectivity index (χ3v) is 3.11. The van der Waals surface area contributed by atoms with Crippen LogP contribution in [0.3, 0.4) is 0 Å². The van der Waals surface area contributed by atoms with E-state index < -0.39 is 0 Å². The van der Waals surface area contributed by atoms with Gasteiger partial charge in [0.15, 0.2) is 6.10 Å². The maximum atomic E-state index is 8.93. The van der Waals surface area contributed by atoms with Crippen molar-refractivity contribution in [1.82, 2.24) is 0 Å². The molecule has 1 saturated heterocycles. The molecule has 1 unspecified atom stereocenters. The van der Waals surface area contributed by atoms with Crippen LogP contribution in [0.5, 0.6) is 0 Å². The Bertz CT molecular complexity index is 422. The molecular formula is C14H18N2O. The van der Waals surface area contributed by atoms with Crippen LogP contribution in [0, 0.1) is 11.3 Å². The lowest BCUT2D eigenvalue weighted by Crippen LogP contribution is -2.42. The van der Waals surface area contributed by atoms with Gasteiger partial charge in [-0.1, -0.05) is 32.0 Å². The molecule has 1 aliphatic rings. The van der Waals surface area contributed by atoms with Crippen LogP contribution >= 0.6 is 0 Å². The third kappa shape index (κ3) is 2.59. The Hall–Kier alpha value is -1.53. The van der Waals surface area contributed by atoms with Crippen LogP contribution in [0.25, 0.3) is 0 Å². The van der Waals surface area contributed by atoms with Crippen molar-refractivity contribution < 1.29 is 4.74 Å². The van der Waals surface area contributed by atoms with Crippen molar-refractivity contribution in [3.8, 4) is 6.07 Å². The van der Waals surface area contributed by atoms with Gasteiger partial charge in [-0.15, -0.1) is 0 Å². The van der Waals surface area contributed by atoms with Crippen LogP contribution in [-0.4, -0.2) is 25.8 Å². The Balaban J connectivity index is 2.25. The zero-order valence-corrected chi connectivity index (χ0v) is 10.4. The van der Waals surface area contributed by atoms with Crippen molar-refractivity contribution in [2.24, 2.45) is 0 Å². The van der Waals surface area contributed by atoms with Gasteiger partial charge in [0.25, 0.3) is 0 Å². The number of para-hydroxylation sites is 1. The second-order valence-electron chi connectivity index (χ2n) is 4.65. The maximum absolute atomic E-state index is 8.93. The number of hydrogen-bond acceptors (Lipinski definition) is 3. The van der Waals surface area contributed by atoms with Crippen LogP contribution in [0.4, 0.5) is 5.69 Å². The molecule has 3 nitrogen and oxygen atoms in total. The highest BCUT2D eigenvalue weighted by atomic mass is 16.5. The molecule has 2 rings (SSSR count). The summed E-state index contributed by atoms with van der Waals surface area (Å²) in [6.07, 6.45) is -0.302. The number of nitrogens with zero attached hydrogens (tertiary/aromatic N) is 2. The van der Waals surface area contributed by atoms with E-state index in [2.05, 4.69) is 49.1 Å². The van der Waals surface area contributed by atoms with Crippen molar-refractivity contribution >= 4 is 5.69 Å². The molecule has 1 fully saturated rings. The summed E-state index contributed by atoms with van der Waals surface area (Å²) in [5.74, 6) is 0.495. The van der Waals surface area contributed by atoms with Crippen molar-refractivity contribution in [3.05, 3.63) is 29.8 Å². The predicted molar refractivity (Wildman–Crippen MR) is 68.1 cm³/mol. The number of benzene rings is 1. The van der Waals surface area contributed by atoms with Crippen LogP contribution < -0.4 is 4.90 Å².